The molecule has 3 heterocycles. The molecule has 0 spiro atoms. The van der Waals surface area contributed by atoms with Crippen molar-refractivity contribution in [3.05, 3.63) is 83.3 Å². The van der Waals surface area contributed by atoms with Crippen LogP contribution in [-0.2, 0) is 6.54 Å². The molecule has 0 aliphatic rings. The van der Waals surface area contributed by atoms with Gasteiger partial charge in [0.1, 0.15) is 5.82 Å². The summed E-state index contributed by atoms with van der Waals surface area (Å²) in [6.07, 6.45) is 1.69. The molecule has 1 N–H and O–H groups in total. The highest BCUT2D eigenvalue weighted by atomic mass is 16.5. The molecule has 0 saturated carbocycles. The number of hydrogen-bond donors (Lipinski definition) is 1. The van der Waals surface area contributed by atoms with E-state index in [1.54, 1.807) is 16.9 Å². The second-order valence-electron chi connectivity index (χ2n) is 8.16. The molecule has 1 amide bonds. The van der Waals surface area contributed by atoms with Gasteiger partial charge < -0.3 is 9.84 Å². The first-order valence-electron chi connectivity index (χ1n) is 10.6. The van der Waals surface area contributed by atoms with E-state index >= 15 is 0 Å². The van der Waals surface area contributed by atoms with Gasteiger partial charge in [-0.2, -0.15) is 5.10 Å². The Kier molecular flexibility index (Phi) is 4.93. The molecule has 160 valence electrons. The Hall–Kier alpha value is -4.00. The van der Waals surface area contributed by atoms with Crippen molar-refractivity contribution < 1.29 is 9.32 Å². The van der Waals surface area contributed by atoms with Crippen molar-refractivity contribution >= 4 is 33.6 Å². The van der Waals surface area contributed by atoms with Crippen LogP contribution in [0.4, 0.5) is 5.82 Å². The van der Waals surface area contributed by atoms with Gasteiger partial charge in [0.05, 0.1) is 29.4 Å². The van der Waals surface area contributed by atoms with E-state index in [0.29, 0.717) is 34.7 Å². The lowest BCUT2D eigenvalue weighted by Crippen LogP contribution is -2.17. The van der Waals surface area contributed by atoms with Crippen LogP contribution in [0.5, 0.6) is 0 Å². The molecule has 0 aliphatic heterocycles. The van der Waals surface area contributed by atoms with Crippen LogP contribution in [0.1, 0.15) is 47.1 Å². The van der Waals surface area contributed by atoms with Crippen LogP contribution in [0.15, 0.2) is 65.3 Å². The number of carbonyl (C=O) groups is 1. The largest absolute Gasteiger partial charge is 0.336 e. The topological polar surface area (TPSA) is 85.8 Å². The Bertz CT molecular complexity index is 1440. The molecule has 0 atom stereocenters. The molecule has 0 saturated heterocycles. The van der Waals surface area contributed by atoms with E-state index in [1.807, 2.05) is 45.0 Å². The number of amides is 1. The highest BCUT2D eigenvalue weighted by molar-refractivity contribution is 6.12. The average molecular weight is 425 g/mol. The summed E-state index contributed by atoms with van der Waals surface area (Å²) in [7, 11) is 0. The minimum Gasteiger partial charge on any atom is -0.336 e. The number of pyridine rings is 1. The van der Waals surface area contributed by atoms with Crippen LogP contribution in [-0.4, -0.2) is 25.8 Å². The van der Waals surface area contributed by atoms with Gasteiger partial charge in [0.15, 0.2) is 0 Å². The molecule has 0 aliphatic carbocycles. The summed E-state index contributed by atoms with van der Waals surface area (Å²) < 4.78 is 7.14. The van der Waals surface area contributed by atoms with Gasteiger partial charge in [-0.1, -0.05) is 61.5 Å². The number of fused-ring (bicyclic) bond motifs is 2. The molecular weight excluding hydrogens is 402 g/mol. The maximum absolute atomic E-state index is 13.3. The van der Waals surface area contributed by atoms with E-state index in [4.69, 9.17) is 4.52 Å². The summed E-state index contributed by atoms with van der Waals surface area (Å²) in [5.74, 6) is 0.520. The first kappa shape index (κ1) is 19.9. The smallest absolute Gasteiger partial charge is 0.259 e. The Balaban J connectivity index is 1.48. The lowest BCUT2D eigenvalue weighted by atomic mass is 10.0. The van der Waals surface area contributed by atoms with Gasteiger partial charge in [-0.05, 0) is 35.2 Å². The van der Waals surface area contributed by atoms with Crippen molar-refractivity contribution in [2.75, 3.05) is 5.32 Å². The first-order chi connectivity index (χ1) is 15.5. The highest BCUT2D eigenvalue weighted by Crippen LogP contribution is 2.26. The van der Waals surface area contributed by atoms with Gasteiger partial charge >= 0.3 is 0 Å². The number of rotatable bonds is 5. The molecule has 5 rings (SSSR count). The number of nitrogens with zero attached hydrogens (tertiary/aromatic N) is 4. The molecular formula is C25H23N5O2. The number of benzene rings is 2. The normalized spacial score (nSPS) is 11.5. The number of nitrogens with one attached hydrogen (secondary N) is 1. The number of aromatic nitrogens is 4. The predicted octanol–water partition coefficient (Wildman–Crippen LogP) is 5.30. The van der Waals surface area contributed by atoms with Gasteiger partial charge in [0, 0.05) is 11.8 Å². The van der Waals surface area contributed by atoms with Crippen LogP contribution in [0.3, 0.4) is 0 Å². The van der Waals surface area contributed by atoms with Gasteiger partial charge in [-0.3, -0.25) is 4.79 Å². The third-order valence-corrected chi connectivity index (χ3v) is 5.63. The summed E-state index contributed by atoms with van der Waals surface area (Å²) in [5.41, 5.74) is 3.42. The number of aryl methyl sites for hydroxylation is 1. The lowest BCUT2D eigenvalue weighted by molar-refractivity contribution is 0.102. The van der Waals surface area contributed by atoms with Crippen LogP contribution < -0.4 is 5.32 Å². The summed E-state index contributed by atoms with van der Waals surface area (Å²) in [6, 6.07) is 18.1. The standard InChI is InChI=1S/C25H23N5O2/c1-15(2)21-13-20(23-16(3)29-32-25(23)27-21)24(31)28-22-11-12-26-30(22)14-18-9-6-8-17-7-4-5-10-19(17)18/h4-13,15H,14H2,1-3H3,(H,28,31). The van der Waals surface area contributed by atoms with E-state index in [2.05, 4.69) is 44.8 Å². The summed E-state index contributed by atoms with van der Waals surface area (Å²) >= 11 is 0. The SMILES string of the molecule is Cc1noc2nc(C(C)C)cc(C(=O)Nc3ccnn3Cc3cccc4ccccc34)c12. The van der Waals surface area contributed by atoms with Gasteiger partial charge in [0.2, 0.25) is 0 Å². The molecule has 32 heavy (non-hydrogen) atoms. The predicted molar refractivity (Wildman–Crippen MR) is 124 cm³/mol. The van der Waals surface area contributed by atoms with E-state index < -0.39 is 0 Å². The number of carbonyl (C=O) groups excluding carboxylic acids is 1. The quantitative estimate of drug-likeness (QED) is 0.413. The second kappa shape index (κ2) is 7.92. The maximum atomic E-state index is 13.3. The Morgan fingerprint density at radius 1 is 1.12 bits per heavy atom. The number of hydrogen-bond acceptors (Lipinski definition) is 5. The van der Waals surface area contributed by atoms with Crippen LogP contribution in [0.25, 0.3) is 21.9 Å². The van der Waals surface area contributed by atoms with E-state index in [9.17, 15) is 4.79 Å². The summed E-state index contributed by atoms with van der Waals surface area (Å²) in [4.78, 5) is 17.8. The Labute approximate surface area is 185 Å². The van der Waals surface area contributed by atoms with E-state index in [0.717, 1.165) is 11.3 Å². The zero-order valence-corrected chi connectivity index (χ0v) is 18.2. The molecule has 2 aromatic carbocycles. The molecule has 0 fully saturated rings. The molecule has 0 unspecified atom stereocenters. The van der Waals surface area contributed by atoms with Gasteiger partial charge in [-0.15, -0.1) is 0 Å². The van der Waals surface area contributed by atoms with Gasteiger partial charge in [-0.25, -0.2) is 9.67 Å². The third-order valence-electron chi connectivity index (χ3n) is 5.63. The molecule has 7 heteroatoms. The maximum Gasteiger partial charge on any atom is 0.259 e. The van der Waals surface area contributed by atoms with Crippen molar-refractivity contribution in [3.63, 3.8) is 0 Å². The van der Waals surface area contributed by atoms with Crippen LogP contribution in [0, 0.1) is 6.92 Å². The summed E-state index contributed by atoms with van der Waals surface area (Å²) in [6.45, 7) is 6.40. The van der Waals surface area contributed by atoms with Crippen molar-refractivity contribution in [2.24, 2.45) is 0 Å². The second-order valence-corrected chi connectivity index (χ2v) is 8.16. The Morgan fingerprint density at radius 3 is 2.78 bits per heavy atom. The van der Waals surface area contributed by atoms with E-state index in [1.165, 1.54) is 10.8 Å². The molecule has 0 radical (unpaired) electrons. The zero-order valence-electron chi connectivity index (χ0n) is 18.2. The fourth-order valence-corrected chi connectivity index (χ4v) is 3.93. The lowest BCUT2D eigenvalue weighted by Gasteiger charge is -2.12. The molecule has 7 nitrogen and oxygen atoms in total. The fourth-order valence-electron chi connectivity index (χ4n) is 3.93. The average Bonchev–Trinajstić information content (AvgIpc) is 3.39. The summed E-state index contributed by atoms with van der Waals surface area (Å²) in [5, 5.41) is 14.4. The van der Waals surface area contributed by atoms with Crippen molar-refractivity contribution in [2.45, 2.75) is 33.2 Å². The fraction of sp³-hybridized carbons (Fsp3) is 0.200. The van der Waals surface area contributed by atoms with Crippen molar-refractivity contribution in [1.29, 1.82) is 0 Å². The van der Waals surface area contributed by atoms with Gasteiger partial charge in [0.25, 0.3) is 11.6 Å². The van der Waals surface area contributed by atoms with Crippen molar-refractivity contribution in [3.8, 4) is 0 Å². The Morgan fingerprint density at radius 2 is 1.94 bits per heavy atom. The first-order valence-corrected chi connectivity index (χ1v) is 10.6. The van der Waals surface area contributed by atoms with E-state index in [-0.39, 0.29) is 11.8 Å². The van der Waals surface area contributed by atoms with Crippen molar-refractivity contribution in [1.82, 2.24) is 19.9 Å². The monoisotopic (exact) mass is 425 g/mol. The highest BCUT2D eigenvalue weighted by Gasteiger charge is 2.21. The van der Waals surface area contributed by atoms with Crippen LogP contribution >= 0.6 is 0 Å². The molecule has 5 aromatic rings. The molecule has 3 aromatic heterocycles. The zero-order chi connectivity index (χ0) is 22.2. The minimum absolute atomic E-state index is 0.147. The molecule has 0 bridgehead atoms. The third kappa shape index (κ3) is 3.51. The minimum atomic E-state index is -0.245. The van der Waals surface area contributed by atoms with Crippen LogP contribution in [0.2, 0.25) is 0 Å². The number of anilines is 1.